The van der Waals surface area contributed by atoms with Gasteiger partial charge in [0.05, 0.1) is 17.7 Å². The number of aliphatic imine (C=N–C) groups is 1. The van der Waals surface area contributed by atoms with Crippen LogP contribution in [-0.2, 0) is 9.53 Å². The van der Waals surface area contributed by atoms with Gasteiger partial charge in [0.1, 0.15) is 0 Å². The van der Waals surface area contributed by atoms with E-state index in [1.807, 2.05) is 6.92 Å². The van der Waals surface area contributed by atoms with Gasteiger partial charge in [-0.1, -0.05) is 24.6 Å². The van der Waals surface area contributed by atoms with Crippen LogP contribution >= 0.6 is 23.4 Å². The number of amides is 1. The minimum atomic E-state index is -0.158. The molecule has 1 fully saturated rings. The predicted molar refractivity (Wildman–Crippen MR) is 108 cm³/mol. The number of halogens is 1. The number of hydrogen-bond donors (Lipinski definition) is 1. The summed E-state index contributed by atoms with van der Waals surface area (Å²) in [4.78, 5) is 19.0. The highest BCUT2D eigenvalue weighted by Gasteiger charge is 2.30. The van der Waals surface area contributed by atoms with Crippen molar-refractivity contribution in [2.24, 2.45) is 10.9 Å². The van der Waals surface area contributed by atoms with Gasteiger partial charge in [0.15, 0.2) is 16.7 Å². The van der Waals surface area contributed by atoms with Gasteiger partial charge in [-0.15, -0.1) is 0 Å². The van der Waals surface area contributed by atoms with E-state index in [-0.39, 0.29) is 17.6 Å². The molecule has 1 aromatic carbocycles. The quantitative estimate of drug-likeness (QED) is 0.433. The van der Waals surface area contributed by atoms with Gasteiger partial charge in [-0.05, 0) is 61.0 Å². The fourth-order valence-corrected chi connectivity index (χ4v) is 3.48. The Labute approximate surface area is 162 Å². The Morgan fingerprint density at radius 1 is 1.38 bits per heavy atom. The third-order valence-corrected chi connectivity index (χ3v) is 4.95. The molecule has 0 bridgehead atoms. The minimum Gasteiger partial charge on any atom is -0.504 e. The summed E-state index contributed by atoms with van der Waals surface area (Å²) in [6, 6.07) is 7.10. The number of rotatable bonds is 5. The summed E-state index contributed by atoms with van der Waals surface area (Å²) in [6.07, 6.45) is 5.10. The van der Waals surface area contributed by atoms with Gasteiger partial charge < -0.3 is 9.84 Å². The summed E-state index contributed by atoms with van der Waals surface area (Å²) in [5.74, 6) is 0.149. The molecule has 1 saturated heterocycles. The van der Waals surface area contributed by atoms with Crippen molar-refractivity contribution < 1.29 is 14.6 Å². The first-order chi connectivity index (χ1) is 12.3. The Morgan fingerprint density at radius 3 is 2.62 bits per heavy atom. The number of thioether (sulfide) groups is 1. The molecule has 0 aromatic heterocycles. The number of likely N-dealkylation sites (N-methyl/N-ethyl adjacent to an activating group) is 1. The van der Waals surface area contributed by atoms with Crippen LogP contribution < -0.4 is 0 Å². The second-order valence-electron chi connectivity index (χ2n) is 5.64. The number of carbonyl (C=O) groups is 1. The van der Waals surface area contributed by atoms with Crippen molar-refractivity contribution in [3.63, 3.8) is 0 Å². The van der Waals surface area contributed by atoms with E-state index in [0.29, 0.717) is 20.9 Å². The maximum atomic E-state index is 12.4. The van der Waals surface area contributed by atoms with Crippen LogP contribution in [0.3, 0.4) is 0 Å². The third-order valence-electron chi connectivity index (χ3n) is 3.62. The van der Waals surface area contributed by atoms with Gasteiger partial charge in [0.2, 0.25) is 0 Å². The van der Waals surface area contributed by atoms with E-state index in [1.165, 1.54) is 23.8 Å². The number of carbonyl (C=O) groups excluding carboxylic acids is 1. The van der Waals surface area contributed by atoms with Gasteiger partial charge in [0, 0.05) is 12.1 Å². The van der Waals surface area contributed by atoms with Crippen molar-refractivity contribution in [2.75, 3.05) is 14.2 Å². The van der Waals surface area contributed by atoms with Crippen molar-refractivity contribution in [3.8, 4) is 0 Å². The Bertz CT molecular complexity index is 798. The lowest BCUT2D eigenvalue weighted by molar-refractivity contribution is -0.121. The van der Waals surface area contributed by atoms with Gasteiger partial charge in [0.25, 0.3) is 5.91 Å². The lowest BCUT2D eigenvalue weighted by atomic mass is 10.1. The zero-order chi connectivity index (χ0) is 19.3. The number of nitrogens with zero attached hydrogens (tertiary/aromatic N) is 2. The summed E-state index contributed by atoms with van der Waals surface area (Å²) in [5.41, 5.74) is 0.723. The van der Waals surface area contributed by atoms with Crippen LogP contribution in [0.4, 0.5) is 5.69 Å². The van der Waals surface area contributed by atoms with E-state index >= 15 is 0 Å². The highest BCUT2D eigenvalue weighted by molar-refractivity contribution is 8.18. The van der Waals surface area contributed by atoms with E-state index in [0.717, 1.165) is 5.69 Å². The smallest absolute Gasteiger partial charge is 0.266 e. The maximum Gasteiger partial charge on any atom is 0.266 e. The zero-order valence-electron chi connectivity index (χ0n) is 15.1. The number of methoxy groups -OCH3 is 1. The average molecular weight is 393 g/mol. The Hall–Kier alpha value is -2.18. The van der Waals surface area contributed by atoms with Crippen LogP contribution in [0.5, 0.6) is 0 Å². The van der Waals surface area contributed by atoms with Crippen LogP contribution in [0.2, 0.25) is 5.02 Å². The largest absolute Gasteiger partial charge is 0.504 e. The highest BCUT2D eigenvalue weighted by atomic mass is 35.5. The van der Waals surface area contributed by atoms with E-state index in [1.54, 1.807) is 56.5 Å². The van der Waals surface area contributed by atoms with Crippen molar-refractivity contribution in [3.05, 3.63) is 63.9 Å². The molecule has 1 amide bonds. The first-order valence-electron chi connectivity index (χ1n) is 7.99. The number of aliphatic hydroxyl groups excluding tert-OH is 1. The van der Waals surface area contributed by atoms with E-state index in [2.05, 4.69) is 4.99 Å². The molecule has 0 spiro atoms. The van der Waals surface area contributed by atoms with Crippen LogP contribution in [0.25, 0.3) is 0 Å². The molecule has 1 atom stereocenters. The molecule has 1 aromatic rings. The fourth-order valence-electron chi connectivity index (χ4n) is 2.28. The number of ether oxygens (including phenoxy) is 1. The molecule has 2 rings (SSSR count). The van der Waals surface area contributed by atoms with Gasteiger partial charge in [-0.25, -0.2) is 4.99 Å². The Morgan fingerprint density at radius 2 is 2.04 bits per heavy atom. The first-order valence-corrected chi connectivity index (χ1v) is 9.18. The summed E-state index contributed by atoms with van der Waals surface area (Å²) in [5, 5.41) is 11.3. The number of allylic oxidation sites excluding steroid dienone is 3. The fraction of sp³-hybridized carbons (Fsp3) is 0.263. The molecular weight excluding hydrogens is 372 g/mol. The number of aliphatic hydroxyl groups is 1. The van der Waals surface area contributed by atoms with Gasteiger partial charge >= 0.3 is 0 Å². The van der Waals surface area contributed by atoms with Crippen molar-refractivity contribution in [2.45, 2.75) is 13.8 Å². The molecule has 0 saturated carbocycles. The lowest BCUT2D eigenvalue weighted by Gasteiger charge is -2.07. The van der Waals surface area contributed by atoms with E-state index in [9.17, 15) is 9.90 Å². The molecule has 1 N–H and O–H groups in total. The number of benzene rings is 1. The van der Waals surface area contributed by atoms with E-state index < -0.39 is 0 Å². The predicted octanol–water partition coefficient (Wildman–Crippen LogP) is 5.04. The van der Waals surface area contributed by atoms with Crippen molar-refractivity contribution in [1.82, 2.24) is 4.90 Å². The summed E-state index contributed by atoms with van der Waals surface area (Å²) < 4.78 is 5.08. The Kier molecular flexibility index (Phi) is 6.94. The summed E-state index contributed by atoms with van der Waals surface area (Å²) >= 11 is 7.18. The molecule has 7 heteroatoms. The maximum absolute atomic E-state index is 12.4. The number of hydrogen-bond acceptors (Lipinski definition) is 5. The molecule has 1 unspecified atom stereocenters. The first kappa shape index (κ1) is 20.1. The monoisotopic (exact) mass is 392 g/mol. The van der Waals surface area contributed by atoms with E-state index in [4.69, 9.17) is 16.3 Å². The standard InChI is InChI=1S/C19H21ClN2O3S/c1-5-16(25-4)15(23)10-12(2)11-17-18(24)22(3)19(26-17)21-14-8-6-13(20)7-9-14/h5-12,23H,1-4H3/b15-10+,16-5+,17-11-,21-19?. The molecule has 1 aliphatic rings. The number of amidine groups is 1. The zero-order valence-corrected chi connectivity index (χ0v) is 16.6. The summed E-state index contributed by atoms with van der Waals surface area (Å²) in [6.45, 7) is 3.66. The second-order valence-corrected chi connectivity index (χ2v) is 7.08. The minimum absolute atomic E-state index is 0.0400. The highest BCUT2D eigenvalue weighted by Crippen LogP contribution is 2.33. The Balaban J connectivity index is 2.20. The third kappa shape index (κ3) is 4.93. The van der Waals surface area contributed by atoms with Gasteiger partial charge in [-0.3, -0.25) is 9.69 Å². The summed E-state index contributed by atoms with van der Waals surface area (Å²) in [7, 11) is 3.18. The normalized spacial score (nSPS) is 20.2. The van der Waals surface area contributed by atoms with Gasteiger partial charge in [-0.2, -0.15) is 0 Å². The van der Waals surface area contributed by atoms with Crippen molar-refractivity contribution >= 4 is 40.1 Å². The molecule has 1 heterocycles. The average Bonchev–Trinajstić information content (AvgIpc) is 2.86. The van der Waals surface area contributed by atoms with Crippen LogP contribution in [0, 0.1) is 5.92 Å². The van der Waals surface area contributed by atoms with Crippen LogP contribution in [-0.4, -0.2) is 35.2 Å². The molecular formula is C19H21ClN2O3S. The van der Waals surface area contributed by atoms with Crippen LogP contribution in [0.1, 0.15) is 13.8 Å². The molecule has 1 aliphatic heterocycles. The van der Waals surface area contributed by atoms with Crippen molar-refractivity contribution in [1.29, 1.82) is 0 Å². The molecule has 0 aliphatic carbocycles. The topological polar surface area (TPSA) is 62.1 Å². The molecule has 0 radical (unpaired) electrons. The molecule has 26 heavy (non-hydrogen) atoms. The SMILES string of the molecule is C/C=C(OC)\C(O)=C/C(C)/C=C1\SC(=Nc2ccc(Cl)cc2)N(C)C1=O. The molecule has 5 nitrogen and oxygen atoms in total. The molecule has 138 valence electrons. The second kappa shape index (κ2) is 8.96. The lowest BCUT2D eigenvalue weighted by Crippen LogP contribution is -2.23. The van der Waals surface area contributed by atoms with Crippen LogP contribution in [0.15, 0.2) is 63.9 Å².